The van der Waals surface area contributed by atoms with Gasteiger partial charge in [-0.1, -0.05) is 6.92 Å². The number of carbonyl (C=O) groups excluding carboxylic acids is 2. The summed E-state index contributed by atoms with van der Waals surface area (Å²) in [5.41, 5.74) is 1.43. The van der Waals surface area contributed by atoms with Gasteiger partial charge in [-0.15, -0.1) is 21.5 Å². The van der Waals surface area contributed by atoms with E-state index in [1.54, 1.807) is 0 Å². The van der Waals surface area contributed by atoms with E-state index in [4.69, 9.17) is 10.00 Å². The number of hydrogen-bond donors (Lipinski definition) is 1. The summed E-state index contributed by atoms with van der Waals surface area (Å²) in [6.07, 6.45) is 4.02. The number of carbonyl (C=O) groups is 2. The van der Waals surface area contributed by atoms with Gasteiger partial charge in [-0.25, -0.2) is 4.79 Å². The Labute approximate surface area is 148 Å². The van der Waals surface area contributed by atoms with Gasteiger partial charge in [-0.05, 0) is 30.7 Å². The Morgan fingerprint density at radius 2 is 2.36 bits per heavy atom. The van der Waals surface area contributed by atoms with Crippen LogP contribution in [0.25, 0.3) is 0 Å². The third-order valence-electron chi connectivity index (χ3n) is 4.18. The first-order valence-corrected chi connectivity index (χ1v) is 8.65. The van der Waals surface area contributed by atoms with Crippen LogP contribution in [0.1, 0.15) is 40.0 Å². The number of rotatable bonds is 4. The van der Waals surface area contributed by atoms with Crippen LogP contribution < -0.4 is 5.32 Å². The summed E-state index contributed by atoms with van der Waals surface area (Å²) in [5.74, 6) is -0.185. The molecule has 9 heteroatoms. The Morgan fingerprint density at radius 3 is 3.08 bits per heavy atom. The SMILES string of the molecule is COC(=O)c1c(NC(=O)Cn2cnnc2C#N)sc2c1CCC(C)C2. The van der Waals surface area contributed by atoms with Crippen molar-refractivity contribution >= 4 is 28.2 Å². The van der Waals surface area contributed by atoms with Crippen molar-refractivity contribution in [1.82, 2.24) is 14.8 Å². The Bertz CT molecular complexity index is 864. The average molecular weight is 359 g/mol. The van der Waals surface area contributed by atoms with Gasteiger partial charge in [0.1, 0.15) is 23.9 Å². The van der Waals surface area contributed by atoms with Gasteiger partial charge in [-0.2, -0.15) is 5.26 Å². The van der Waals surface area contributed by atoms with Gasteiger partial charge in [0.2, 0.25) is 11.7 Å². The zero-order valence-electron chi connectivity index (χ0n) is 13.9. The number of nitriles is 1. The molecule has 0 saturated carbocycles. The summed E-state index contributed by atoms with van der Waals surface area (Å²) in [4.78, 5) is 25.7. The molecule has 0 aromatic carbocycles. The lowest BCUT2D eigenvalue weighted by Gasteiger charge is -2.18. The summed E-state index contributed by atoms with van der Waals surface area (Å²) >= 11 is 1.42. The zero-order valence-corrected chi connectivity index (χ0v) is 14.7. The van der Waals surface area contributed by atoms with Crippen LogP contribution in [0.4, 0.5) is 5.00 Å². The van der Waals surface area contributed by atoms with E-state index in [-0.39, 0.29) is 18.3 Å². The predicted octanol–water partition coefficient (Wildman–Crippen LogP) is 1.76. The molecular weight excluding hydrogens is 342 g/mol. The van der Waals surface area contributed by atoms with E-state index in [0.717, 1.165) is 29.7 Å². The fraction of sp³-hybridized carbons (Fsp3) is 0.438. The molecule has 0 bridgehead atoms. The Hall–Kier alpha value is -2.73. The summed E-state index contributed by atoms with van der Waals surface area (Å²) in [5, 5.41) is 19.4. The molecule has 1 aliphatic rings. The normalized spacial score (nSPS) is 16.0. The van der Waals surface area contributed by atoms with Gasteiger partial charge in [0.25, 0.3) is 0 Å². The average Bonchev–Trinajstić information content (AvgIpc) is 3.17. The maximum atomic E-state index is 12.3. The molecule has 0 fully saturated rings. The minimum absolute atomic E-state index is 0.0580. The van der Waals surface area contributed by atoms with E-state index in [2.05, 4.69) is 22.4 Å². The maximum Gasteiger partial charge on any atom is 0.341 e. The third-order valence-corrected chi connectivity index (χ3v) is 5.35. The van der Waals surface area contributed by atoms with Crippen molar-refractivity contribution in [1.29, 1.82) is 5.26 Å². The molecule has 8 nitrogen and oxygen atoms in total. The lowest BCUT2D eigenvalue weighted by molar-refractivity contribution is -0.116. The van der Waals surface area contributed by atoms with Crippen molar-refractivity contribution in [3.05, 3.63) is 28.2 Å². The zero-order chi connectivity index (χ0) is 18.0. The standard InChI is InChI=1S/C16H17N5O3S/c1-9-3-4-10-11(5-9)25-15(14(10)16(23)24-2)19-13(22)7-21-8-18-20-12(21)6-17/h8-9H,3-5,7H2,1-2H3,(H,19,22). The number of ether oxygens (including phenoxy) is 1. The molecule has 3 rings (SSSR count). The second-order valence-electron chi connectivity index (χ2n) is 5.99. The summed E-state index contributed by atoms with van der Waals surface area (Å²) in [6, 6.07) is 1.87. The second kappa shape index (κ2) is 7.03. The highest BCUT2D eigenvalue weighted by Crippen LogP contribution is 2.40. The van der Waals surface area contributed by atoms with Gasteiger partial charge in [0.05, 0.1) is 12.7 Å². The van der Waals surface area contributed by atoms with E-state index in [9.17, 15) is 9.59 Å². The molecule has 2 aromatic heterocycles. The van der Waals surface area contributed by atoms with Gasteiger partial charge < -0.3 is 10.1 Å². The lowest BCUT2D eigenvalue weighted by Crippen LogP contribution is -2.20. The van der Waals surface area contributed by atoms with Crippen molar-refractivity contribution in [3.63, 3.8) is 0 Å². The van der Waals surface area contributed by atoms with Crippen LogP contribution in [0.2, 0.25) is 0 Å². The fourth-order valence-electron chi connectivity index (χ4n) is 2.93. The van der Waals surface area contributed by atoms with Crippen LogP contribution in [0.5, 0.6) is 0 Å². The molecule has 0 saturated heterocycles. The molecule has 1 atom stereocenters. The van der Waals surface area contributed by atoms with Crippen LogP contribution in [0, 0.1) is 17.2 Å². The van der Waals surface area contributed by atoms with Crippen molar-refractivity contribution < 1.29 is 14.3 Å². The van der Waals surface area contributed by atoms with Crippen LogP contribution in [0.15, 0.2) is 6.33 Å². The number of nitrogens with one attached hydrogen (secondary N) is 1. The predicted molar refractivity (Wildman–Crippen MR) is 90.2 cm³/mol. The van der Waals surface area contributed by atoms with Crippen LogP contribution in [0.3, 0.4) is 0 Å². The number of hydrogen-bond acceptors (Lipinski definition) is 7. The maximum absolute atomic E-state index is 12.3. The number of anilines is 1. The molecular formula is C16H17N5O3S. The van der Waals surface area contributed by atoms with E-state index < -0.39 is 5.97 Å². The van der Waals surface area contributed by atoms with Gasteiger partial charge >= 0.3 is 5.97 Å². The summed E-state index contributed by atoms with van der Waals surface area (Å²) in [7, 11) is 1.33. The van der Waals surface area contributed by atoms with E-state index in [1.165, 1.54) is 29.3 Å². The molecule has 2 aromatic rings. The van der Waals surface area contributed by atoms with Crippen molar-refractivity contribution in [2.75, 3.05) is 12.4 Å². The Balaban J connectivity index is 1.85. The van der Waals surface area contributed by atoms with E-state index >= 15 is 0 Å². The monoisotopic (exact) mass is 359 g/mol. The second-order valence-corrected chi connectivity index (χ2v) is 7.10. The minimum atomic E-state index is -0.440. The Morgan fingerprint density at radius 1 is 1.56 bits per heavy atom. The molecule has 25 heavy (non-hydrogen) atoms. The summed E-state index contributed by atoms with van der Waals surface area (Å²) < 4.78 is 6.25. The van der Waals surface area contributed by atoms with Gasteiger partial charge in [0, 0.05) is 4.88 Å². The first-order valence-electron chi connectivity index (χ1n) is 7.84. The van der Waals surface area contributed by atoms with E-state index in [0.29, 0.717) is 16.5 Å². The number of methoxy groups -OCH3 is 1. The molecule has 0 spiro atoms. The first kappa shape index (κ1) is 17.1. The van der Waals surface area contributed by atoms with Crippen LogP contribution in [-0.4, -0.2) is 33.8 Å². The van der Waals surface area contributed by atoms with Gasteiger partial charge in [0.15, 0.2) is 0 Å². The number of fused-ring (bicyclic) bond motifs is 1. The highest BCUT2D eigenvalue weighted by molar-refractivity contribution is 7.17. The molecule has 2 heterocycles. The number of esters is 1. The molecule has 0 radical (unpaired) electrons. The molecule has 1 aliphatic carbocycles. The lowest BCUT2D eigenvalue weighted by atomic mass is 9.88. The quantitative estimate of drug-likeness (QED) is 0.833. The first-order chi connectivity index (χ1) is 12.0. The highest BCUT2D eigenvalue weighted by Gasteiger charge is 2.28. The highest BCUT2D eigenvalue weighted by atomic mass is 32.1. The number of aromatic nitrogens is 3. The molecule has 1 N–H and O–H groups in total. The minimum Gasteiger partial charge on any atom is -0.465 e. The molecule has 1 amide bonds. The number of thiophene rings is 1. The van der Waals surface area contributed by atoms with Crippen molar-refractivity contribution in [2.24, 2.45) is 5.92 Å². The topological polar surface area (TPSA) is 110 Å². The van der Waals surface area contributed by atoms with Crippen LogP contribution in [-0.2, 0) is 28.9 Å². The smallest absolute Gasteiger partial charge is 0.341 e. The molecule has 1 unspecified atom stereocenters. The molecule has 0 aliphatic heterocycles. The Kier molecular flexibility index (Phi) is 4.81. The fourth-order valence-corrected chi connectivity index (χ4v) is 4.35. The van der Waals surface area contributed by atoms with E-state index in [1.807, 2.05) is 6.07 Å². The number of nitrogens with zero attached hydrogens (tertiary/aromatic N) is 4. The number of amides is 1. The summed E-state index contributed by atoms with van der Waals surface area (Å²) in [6.45, 7) is 2.07. The molecule has 130 valence electrons. The third kappa shape index (κ3) is 3.39. The van der Waals surface area contributed by atoms with Crippen molar-refractivity contribution in [3.8, 4) is 6.07 Å². The van der Waals surface area contributed by atoms with Crippen molar-refractivity contribution in [2.45, 2.75) is 32.7 Å². The van der Waals surface area contributed by atoms with Gasteiger partial charge in [-0.3, -0.25) is 9.36 Å². The van der Waals surface area contributed by atoms with Crippen LogP contribution >= 0.6 is 11.3 Å². The largest absolute Gasteiger partial charge is 0.465 e.